The van der Waals surface area contributed by atoms with Crippen LogP contribution in [0.4, 0.5) is 5.69 Å². The van der Waals surface area contributed by atoms with Crippen LogP contribution in [0, 0.1) is 6.92 Å². The summed E-state index contributed by atoms with van der Waals surface area (Å²) in [5.41, 5.74) is 3.77. The number of hydrogen-bond acceptors (Lipinski definition) is 3. The summed E-state index contributed by atoms with van der Waals surface area (Å²) in [6.07, 6.45) is 0. The molecular formula is C19H20ClN3O2. The quantitative estimate of drug-likeness (QED) is 0.884. The van der Waals surface area contributed by atoms with Crippen molar-refractivity contribution in [1.82, 2.24) is 10.2 Å². The maximum atomic E-state index is 12.2. The van der Waals surface area contributed by atoms with Gasteiger partial charge in [0, 0.05) is 23.8 Å². The Kier molecular flexibility index (Phi) is 5.36. The zero-order valence-electron chi connectivity index (χ0n) is 14.0. The van der Waals surface area contributed by atoms with Crippen molar-refractivity contribution in [2.75, 3.05) is 31.5 Å². The Labute approximate surface area is 152 Å². The van der Waals surface area contributed by atoms with Crippen molar-refractivity contribution in [1.29, 1.82) is 0 Å². The Morgan fingerprint density at radius 3 is 2.76 bits per heavy atom. The first-order valence-electron chi connectivity index (χ1n) is 8.18. The molecular weight excluding hydrogens is 338 g/mol. The Hall–Kier alpha value is -2.37. The third kappa shape index (κ3) is 4.38. The largest absolute Gasteiger partial charge is 0.331 e. The Morgan fingerprint density at radius 2 is 2.04 bits per heavy atom. The maximum Gasteiger partial charge on any atom is 0.244 e. The van der Waals surface area contributed by atoms with Gasteiger partial charge in [0.05, 0.1) is 13.1 Å². The summed E-state index contributed by atoms with van der Waals surface area (Å²) in [6.45, 7) is 3.58. The van der Waals surface area contributed by atoms with Crippen LogP contribution < -0.4 is 10.6 Å². The Balaban J connectivity index is 1.68. The fourth-order valence-electron chi connectivity index (χ4n) is 2.83. The molecule has 0 spiro atoms. The summed E-state index contributed by atoms with van der Waals surface area (Å²) in [7, 11) is 0. The van der Waals surface area contributed by atoms with Crippen molar-refractivity contribution < 1.29 is 9.59 Å². The molecule has 1 saturated heterocycles. The van der Waals surface area contributed by atoms with E-state index in [1.165, 1.54) is 0 Å². The molecule has 3 rings (SSSR count). The smallest absolute Gasteiger partial charge is 0.244 e. The van der Waals surface area contributed by atoms with E-state index in [0.29, 0.717) is 24.7 Å². The zero-order chi connectivity index (χ0) is 17.8. The lowest BCUT2D eigenvalue weighted by Crippen LogP contribution is -2.50. The highest BCUT2D eigenvalue weighted by Crippen LogP contribution is 2.26. The normalized spacial score (nSPS) is 14.5. The highest BCUT2D eigenvalue weighted by molar-refractivity contribution is 6.30. The van der Waals surface area contributed by atoms with Gasteiger partial charge < -0.3 is 15.5 Å². The first-order chi connectivity index (χ1) is 12.0. The number of benzene rings is 2. The topological polar surface area (TPSA) is 61.4 Å². The number of anilines is 1. The van der Waals surface area contributed by atoms with Crippen LogP contribution in [0.2, 0.25) is 5.02 Å². The number of hydrogen-bond donors (Lipinski definition) is 2. The molecule has 0 radical (unpaired) electrons. The molecule has 25 heavy (non-hydrogen) atoms. The first-order valence-corrected chi connectivity index (χ1v) is 8.55. The van der Waals surface area contributed by atoms with Crippen LogP contribution in [0.25, 0.3) is 11.1 Å². The monoisotopic (exact) mass is 357 g/mol. The van der Waals surface area contributed by atoms with Crippen molar-refractivity contribution in [3.63, 3.8) is 0 Å². The van der Waals surface area contributed by atoms with Gasteiger partial charge in [-0.15, -0.1) is 0 Å². The van der Waals surface area contributed by atoms with Crippen molar-refractivity contribution >= 4 is 29.1 Å². The van der Waals surface area contributed by atoms with Crippen LogP contribution in [0.1, 0.15) is 5.56 Å². The van der Waals surface area contributed by atoms with E-state index >= 15 is 0 Å². The van der Waals surface area contributed by atoms with Crippen LogP contribution in [0.5, 0.6) is 0 Å². The number of nitrogens with one attached hydrogen (secondary N) is 2. The summed E-state index contributed by atoms with van der Waals surface area (Å²) in [5.74, 6) is -0.233. The Bertz CT molecular complexity index is 807. The second-order valence-electron chi connectivity index (χ2n) is 6.08. The van der Waals surface area contributed by atoms with E-state index < -0.39 is 0 Å². The summed E-state index contributed by atoms with van der Waals surface area (Å²) in [4.78, 5) is 25.6. The number of carbonyl (C=O) groups excluding carboxylic acids is 2. The maximum absolute atomic E-state index is 12.2. The molecule has 0 saturated carbocycles. The average molecular weight is 358 g/mol. The standard InChI is InChI=1S/C19H20ClN3O2/c1-13-9-15(14-3-2-4-16(20)10-14)5-6-17(13)22-18(24)12-23-8-7-21-11-19(23)25/h2-6,9-10,21H,7-8,11-12H2,1H3,(H,22,24). The number of aryl methyl sites for hydroxylation is 1. The van der Waals surface area contributed by atoms with Crippen molar-refractivity contribution in [3.8, 4) is 11.1 Å². The van der Waals surface area contributed by atoms with Gasteiger partial charge in [0.2, 0.25) is 11.8 Å². The van der Waals surface area contributed by atoms with Gasteiger partial charge in [-0.25, -0.2) is 0 Å². The number of piperazine rings is 1. The van der Waals surface area contributed by atoms with Gasteiger partial charge in [0.25, 0.3) is 0 Å². The van der Waals surface area contributed by atoms with Gasteiger partial charge in [-0.05, 0) is 47.9 Å². The molecule has 0 aliphatic carbocycles. The molecule has 2 aromatic rings. The van der Waals surface area contributed by atoms with E-state index in [0.717, 1.165) is 22.4 Å². The molecule has 1 aliphatic rings. The molecule has 0 unspecified atom stereocenters. The average Bonchev–Trinajstić information content (AvgIpc) is 2.59. The van der Waals surface area contributed by atoms with E-state index in [2.05, 4.69) is 10.6 Å². The SMILES string of the molecule is Cc1cc(-c2cccc(Cl)c2)ccc1NC(=O)CN1CCNCC1=O. The van der Waals surface area contributed by atoms with Gasteiger partial charge in [-0.2, -0.15) is 0 Å². The van der Waals surface area contributed by atoms with Gasteiger partial charge in [-0.3, -0.25) is 9.59 Å². The highest BCUT2D eigenvalue weighted by Gasteiger charge is 2.20. The predicted molar refractivity (Wildman–Crippen MR) is 99.7 cm³/mol. The predicted octanol–water partition coefficient (Wildman–Crippen LogP) is 2.69. The van der Waals surface area contributed by atoms with E-state index in [1.54, 1.807) is 4.90 Å². The number of rotatable bonds is 4. The fourth-order valence-corrected chi connectivity index (χ4v) is 3.02. The minimum absolute atomic E-state index is 0.0468. The van der Waals surface area contributed by atoms with Gasteiger partial charge in [-0.1, -0.05) is 29.8 Å². The number of nitrogens with zero attached hydrogens (tertiary/aromatic N) is 1. The lowest BCUT2D eigenvalue weighted by molar-refractivity contribution is -0.135. The zero-order valence-corrected chi connectivity index (χ0v) is 14.8. The number of carbonyl (C=O) groups is 2. The van der Waals surface area contributed by atoms with Crippen molar-refractivity contribution in [2.45, 2.75) is 6.92 Å². The second-order valence-corrected chi connectivity index (χ2v) is 6.52. The van der Waals surface area contributed by atoms with Crippen LogP contribution >= 0.6 is 11.6 Å². The van der Waals surface area contributed by atoms with Crippen LogP contribution in [0.15, 0.2) is 42.5 Å². The molecule has 2 amide bonds. The third-order valence-corrected chi connectivity index (χ3v) is 4.42. The number of halogens is 1. The van der Waals surface area contributed by atoms with Crippen LogP contribution in [0.3, 0.4) is 0 Å². The van der Waals surface area contributed by atoms with Crippen LogP contribution in [-0.2, 0) is 9.59 Å². The number of amides is 2. The Morgan fingerprint density at radius 1 is 1.24 bits per heavy atom. The van der Waals surface area contributed by atoms with Crippen molar-refractivity contribution in [2.24, 2.45) is 0 Å². The van der Waals surface area contributed by atoms with E-state index in [1.807, 2.05) is 49.4 Å². The summed E-state index contributed by atoms with van der Waals surface area (Å²) >= 11 is 6.05. The molecule has 1 heterocycles. The van der Waals surface area contributed by atoms with Crippen LogP contribution in [-0.4, -0.2) is 42.9 Å². The van der Waals surface area contributed by atoms with Crippen molar-refractivity contribution in [3.05, 3.63) is 53.1 Å². The minimum atomic E-state index is -0.186. The van der Waals surface area contributed by atoms with Gasteiger partial charge >= 0.3 is 0 Å². The second kappa shape index (κ2) is 7.68. The minimum Gasteiger partial charge on any atom is -0.331 e. The van der Waals surface area contributed by atoms with E-state index in [9.17, 15) is 9.59 Å². The molecule has 6 heteroatoms. The summed E-state index contributed by atoms with van der Waals surface area (Å²) < 4.78 is 0. The molecule has 1 fully saturated rings. The van der Waals surface area contributed by atoms with Gasteiger partial charge in [0.15, 0.2) is 0 Å². The molecule has 5 nitrogen and oxygen atoms in total. The first kappa shape index (κ1) is 17.5. The highest BCUT2D eigenvalue weighted by atomic mass is 35.5. The summed E-state index contributed by atoms with van der Waals surface area (Å²) in [6, 6.07) is 13.5. The lowest BCUT2D eigenvalue weighted by atomic mass is 10.0. The molecule has 0 atom stereocenters. The molecule has 2 N–H and O–H groups in total. The third-order valence-electron chi connectivity index (χ3n) is 4.18. The molecule has 0 aromatic heterocycles. The lowest BCUT2D eigenvalue weighted by Gasteiger charge is -2.26. The van der Waals surface area contributed by atoms with E-state index in [-0.39, 0.29) is 18.4 Å². The fraction of sp³-hybridized carbons (Fsp3) is 0.263. The molecule has 2 aromatic carbocycles. The summed E-state index contributed by atoms with van der Waals surface area (Å²) in [5, 5.41) is 6.57. The molecule has 130 valence electrons. The molecule has 0 bridgehead atoms. The van der Waals surface area contributed by atoms with Gasteiger partial charge in [0.1, 0.15) is 0 Å². The molecule has 1 aliphatic heterocycles. The van der Waals surface area contributed by atoms with E-state index in [4.69, 9.17) is 11.6 Å².